The van der Waals surface area contributed by atoms with Crippen LogP contribution in [0.5, 0.6) is 0 Å². The summed E-state index contributed by atoms with van der Waals surface area (Å²) in [5.74, 6) is 0.732. The van der Waals surface area contributed by atoms with Crippen molar-refractivity contribution in [2.45, 2.75) is 19.0 Å². The maximum Gasteiger partial charge on any atom is 0.174 e. The Kier molecular flexibility index (Phi) is 6.18. The third-order valence-electron chi connectivity index (χ3n) is 4.93. The number of benzene rings is 2. The molecule has 0 saturated heterocycles. The lowest BCUT2D eigenvalue weighted by atomic mass is 10.0. The summed E-state index contributed by atoms with van der Waals surface area (Å²) >= 11 is 0. The van der Waals surface area contributed by atoms with Crippen LogP contribution >= 0.6 is 0 Å². The summed E-state index contributed by atoms with van der Waals surface area (Å²) in [6.45, 7) is 4.37. The van der Waals surface area contributed by atoms with Gasteiger partial charge < -0.3 is 16.0 Å². The molecule has 8 nitrogen and oxygen atoms in total. The fourth-order valence-corrected chi connectivity index (χ4v) is 3.39. The first-order valence-corrected chi connectivity index (χ1v) is 9.96. The van der Waals surface area contributed by atoms with Crippen molar-refractivity contribution in [2.24, 2.45) is 5.73 Å². The van der Waals surface area contributed by atoms with Gasteiger partial charge in [-0.25, -0.2) is 9.67 Å². The van der Waals surface area contributed by atoms with E-state index in [1.165, 1.54) is 11.8 Å². The smallest absolute Gasteiger partial charge is 0.174 e. The Balaban J connectivity index is 1.66. The predicted molar refractivity (Wildman–Crippen MR) is 122 cm³/mol. The predicted octanol–water partition coefficient (Wildman–Crippen LogP) is 3.53. The lowest BCUT2D eigenvalue weighted by Crippen LogP contribution is -2.20. The maximum atomic E-state index is 5.46. The van der Waals surface area contributed by atoms with E-state index in [0.717, 1.165) is 34.5 Å². The molecule has 4 N–H and O–H groups in total. The monoisotopic (exact) mass is 412 g/mol. The van der Waals surface area contributed by atoms with Gasteiger partial charge in [0.25, 0.3) is 0 Å². The number of nitrogens with one attached hydrogen (secondary N) is 2. The number of imidazole rings is 1. The lowest BCUT2D eigenvalue weighted by Gasteiger charge is -2.20. The second kappa shape index (κ2) is 9.53. The highest BCUT2D eigenvalue weighted by Crippen LogP contribution is 2.24. The summed E-state index contributed by atoms with van der Waals surface area (Å²) in [6, 6.07) is 16.2. The zero-order chi connectivity index (χ0) is 21.5. The van der Waals surface area contributed by atoms with Crippen LogP contribution in [0.1, 0.15) is 17.4 Å². The number of hydrogen-bond donors (Lipinski definition) is 3. The summed E-state index contributed by atoms with van der Waals surface area (Å²) in [6.07, 6.45) is 9.32. The molecule has 0 fully saturated rings. The van der Waals surface area contributed by atoms with Crippen molar-refractivity contribution in [3.8, 4) is 0 Å². The van der Waals surface area contributed by atoms with Crippen molar-refractivity contribution < 1.29 is 0 Å². The van der Waals surface area contributed by atoms with Crippen LogP contribution in [0, 0.1) is 0 Å². The minimum absolute atomic E-state index is 0.148. The highest BCUT2D eigenvalue weighted by Gasteiger charge is 2.20. The molecule has 0 amide bonds. The zero-order valence-corrected chi connectivity index (χ0v) is 17.0. The lowest BCUT2D eigenvalue weighted by molar-refractivity contribution is 0.582. The number of aromatic amines is 1. The fraction of sp³-hybridized carbons (Fsp3) is 0.130. The van der Waals surface area contributed by atoms with Crippen LogP contribution in [0.3, 0.4) is 0 Å². The van der Waals surface area contributed by atoms with Crippen molar-refractivity contribution in [3.05, 3.63) is 103 Å². The number of fused-ring (bicyclic) bond motifs is 1. The Morgan fingerprint density at radius 2 is 2.10 bits per heavy atom. The van der Waals surface area contributed by atoms with E-state index in [2.05, 4.69) is 49.5 Å². The molecule has 2 aromatic heterocycles. The van der Waals surface area contributed by atoms with Crippen LogP contribution < -0.4 is 11.1 Å². The molecule has 2 heterocycles. The number of nitrogens with two attached hydrogens (primary N) is 1. The number of rotatable bonds is 9. The van der Waals surface area contributed by atoms with Crippen molar-refractivity contribution in [1.82, 2.24) is 30.2 Å². The number of allylic oxidation sites excluding steroid dienone is 4. The van der Waals surface area contributed by atoms with Gasteiger partial charge in [0.15, 0.2) is 5.82 Å². The molecule has 1 unspecified atom stereocenters. The first-order chi connectivity index (χ1) is 15.3. The largest absolute Gasteiger partial charge is 0.405 e. The van der Waals surface area contributed by atoms with Gasteiger partial charge in [-0.2, -0.15) is 0 Å². The van der Waals surface area contributed by atoms with Gasteiger partial charge in [-0.05, 0) is 58.5 Å². The van der Waals surface area contributed by atoms with Gasteiger partial charge in [0, 0.05) is 5.69 Å². The molecule has 0 aliphatic carbocycles. The standard InChI is InChI=1S/C23H24N8/c1-2-17(9-6-12-24)15-31-23(28-29-30-31)22(13-18-7-4-3-5-8-18)27-19-10-11-20-21(14-19)26-16-25-20/h2-12,14,16,22,27H,1,13,15,24H2,(H,25,26)/b12-6-,17-9+. The van der Waals surface area contributed by atoms with Crippen LogP contribution in [0.15, 0.2) is 91.4 Å². The van der Waals surface area contributed by atoms with E-state index in [9.17, 15) is 0 Å². The molecule has 1 atom stereocenters. The Bertz CT molecular complexity index is 1200. The number of H-pyrrole nitrogens is 1. The number of anilines is 1. The second-order valence-electron chi connectivity index (χ2n) is 7.05. The fourth-order valence-electron chi connectivity index (χ4n) is 3.39. The van der Waals surface area contributed by atoms with Crippen LogP contribution in [0.4, 0.5) is 5.69 Å². The average molecular weight is 413 g/mol. The van der Waals surface area contributed by atoms with Gasteiger partial charge in [0.05, 0.1) is 29.9 Å². The third-order valence-corrected chi connectivity index (χ3v) is 4.93. The van der Waals surface area contributed by atoms with Crippen LogP contribution in [0.2, 0.25) is 0 Å². The van der Waals surface area contributed by atoms with Crippen molar-refractivity contribution in [2.75, 3.05) is 5.32 Å². The molecule has 31 heavy (non-hydrogen) atoms. The van der Waals surface area contributed by atoms with Gasteiger partial charge in [0.2, 0.25) is 0 Å². The van der Waals surface area contributed by atoms with Gasteiger partial charge in [0.1, 0.15) is 0 Å². The molecular formula is C23H24N8. The Hall–Kier alpha value is -4.20. The first-order valence-electron chi connectivity index (χ1n) is 9.96. The maximum absolute atomic E-state index is 5.46. The van der Waals surface area contributed by atoms with E-state index in [1.54, 1.807) is 23.2 Å². The number of nitrogens with zero attached hydrogens (tertiary/aromatic N) is 5. The molecule has 0 radical (unpaired) electrons. The van der Waals surface area contributed by atoms with Crippen LogP contribution in [-0.2, 0) is 13.0 Å². The summed E-state index contributed by atoms with van der Waals surface area (Å²) in [5, 5.41) is 16.1. The normalized spacial score (nSPS) is 13.0. The summed E-state index contributed by atoms with van der Waals surface area (Å²) in [5.41, 5.74) is 10.4. The van der Waals surface area contributed by atoms with Crippen molar-refractivity contribution >= 4 is 16.7 Å². The van der Waals surface area contributed by atoms with Gasteiger partial charge >= 0.3 is 0 Å². The number of tetrazole rings is 1. The Labute approximate surface area is 180 Å². The molecule has 0 bridgehead atoms. The Morgan fingerprint density at radius 1 is 1.23 bits per heavy atom. The van der Waals surface area contributed by atoms with Crippen LogP contribution in [-0.4, -0.2) is 30.2 Å². The SMILES string of the molecule is C=C/C(=C\C=C/N)Cn1nnnc1C(Cc1ccccc1)Nc1ccc2[nH]cnc2c1. The molecule has 156 valence electrons. The average Bonchev–Trinajstić information content (AvgIpc) is 3.46. The van der Waals surface area contributed by atoms with Gasteiger partial charge in [-0.1, -0.05) is 49.1 Å². The van der Waals surface area contributed by atoms with Crippen molar-refractivity contribution in [1.29, 1.82) is 0 Å². The van der Waals surface area contributed by atoms with E-state index in [4.69, 9.17) is 5.73 Å². The summed E-state index contributed by atoms with van der Waals surface area (Å²) < 4.78 is 1.78. The summed E-state index contributed by atoms with van der Waals surface area (Å²) in [7, 11) is 0. The molecule has 4 rings (SSSR count). The van der Waals surface area contributed by atoms with Gasteiger partial charge in [-0.15, -0.1) is 5.10 Å². The van der Waals surface area contributed by atoms with E-state index in [-0.39, 0.29) is 6.04 Å². The first kappa shape index (κ1) is 20.1. The minimum Gasteiger partial charge on any atom is -0.405 e. The summed E-state index contributed by atoms with van der Waals surface area (Å²) in [4.78, 5) is 7.47. The topological polar surface area (TPSA) is 110 Å². The molecule has 0 saturated carbocycles. The molecule has 2 aromatic carbocycles. The van der Waals surface area contributed by atoms with E-state index >= 15 is 0 Å². The van der Waals surface area contributed by atoms with Crippen molar-refractivity contribution in [3.63, 3.8) is 0 Å². The molecule has 0 aliphatic rings. The highest BCUT2D eigenvalue weighted by molar-refractivity contribution is 5.78. The molecule has 0 aliphatic heterocycles. The van der Waals surface area contributed by atoms with E-state index in [1.807, 2.05) is 42.5 Å². The van der Waals surface area contributed by atoms with Gasteiger partial charge in [-0.3, -0.25) is 0 Å². The number of aromatic nitrogens is 6. The second-order valence-corrected chi connectivity index (χ2v) is 7.05. The van der Waals surface area contributed by atoms with E-state index < -0.39 is 0 Å². The molecule has 8 heteroatoms. The van der Waals surface area contributed by atoms with E-state index in [0.29, 0.717) is 6.54 Å². The Morgan fingerprint density at radius 3 is 2.90 bits per heavy atom. The minimum atomic E-state index is -0.148. The molecule has 4 aromatic rings. The molecule has 0 spiro atoms. The molecular weight excluding hydrogens is 388 g/mol. The zero-order valence-electron chi connectivity index (χ0n) is 17.0. The quantitative estimate of drug-likeness (QED) is 0.363. The van der Waals surface area contributed by atoms with Crippen LogP contribution in [0.25, 0.3) is 11.0 Å². The highest BCUT2D eigenvalue weighted by atomic mass is 15.5. The number of hydrogen-bond acceptors (Lipinski definition) is 6. The third kappa shape index (κ3) is 4.87.